The number of sulfonamides is 1. The second kappa shape index (κ2) is 8.34. The molecule has 20 heavy (non-hydrogen) atoms. The Labute approximate surface area is 130 Å². The molecular weight excluding hydrogens is 318 g/mol. The summed E-state index contributed by atoms with van der Waals surface area (Å²) in [7, 11) is -3.57. The average Bonchev–Trinajstić information content (AvgIpc) is 2.96. The van der Waals surface area contributed by atoms with Gasteiger partial charge in [0.1, 0.15) is 4.21 Å². The maximum Gasteiger partial charge on any atom is 0.250 e. The van der Waals surface area contributed by atoms with E-state index in [0.717, 1.165) is 6.42 Å². The van der Waals surface area contributed by atoms with Crippen molar-refractivity contribution in [1.82, 2.24) is 4.72 Å². The van der Waals surface area contributed by atoms with Gasteiger partial charge in [0, 0.05) is 5.88 Å². The van der Waals surface area contributed by atoms with Crippen molar-refractivity contribution in [3.63, 3.8) is 0 Å². The highest BCUT2D eigenvalue weighted by Crippen LogP contribution is 2.21. The molecule has 0 aliphatic rings. The number of aliphatic hydroxyl groups excluding tert-OH is 1. The first-order valence-electron chi connectivity index (χ1n) is 6.72. The lowest BCUT2D eigenvalue weighted by Crippen LogP contribution is -2.47. The summed E-state index contributed by atoms with van der Waals surface area (Å²) in [5.74, 6) is 0.511. The lowest BCUT2D eigenvalue weighted by Gasteiger charge is -2.28. The second-order valence-electron chi connectivity index (χ2n) is 4.86. The second-order valence-corrected chi connectivity index (χ2v) is 8.13. The molecule has 2 N–H and O–H groups in total. The minimum atomic E-state index is -3.57. The van der Waals surface area contributed by atoms with Gasteiger partial charge in [-0.05, 0) is 30.2 Å². The van der Waals surface area contributed by atoms with Crippen molar-refractivity contribution in [3.8, 4) is 0 Å². The summed E-state index contributed by atoms with van der Waals surface area (Å²) >= 11 is 6.80. The third kappa shape index (κ3) is 5.00. The molecule has 0 amide bonds. The molecule has 0 spiro atoms. The molecule has 0 bridgehead atoms. The van der Waals surface area contributed by atoms with Gasteiger partial charge >= 0.3 is 0 Å². The van der Waals surface area contributed by atoms with Crippen LogP contribution in [0.15, 0.2) is 21.7 Å². The van der Waals surface area contributed by atoms with E-state index in [4.69, 9.17) is 11.6 Å². The van der Waals surface area contributed by atoms with Crippen LogP contribution in [-0.4, -0.2) is 31.6 Å². The Hall–Kier alpha value is -0.140. The first-order chi connectivity index (χ1) is 9.42. The van der Waals surface area contributed by atoms with Crippen molar-refractivity contribution in [2.45, 2.75) is 49.5 Å². The Bertz CT molecular complexity index is 476. The van der Waals surface area contributed by atoms with E-state index in [9.17, 15) is 13.5 Å². The number of hydrogen-bond donors (Lipinski definition) is 2. The van der Waals surface area contributed by atoms with E-state index in [0.29, 0.717) is 18.7 Å². The molecule has 0 saturated carbocycles. The van der Waals surface area contributed by atoms with Crippen molar-refractivity contribution in [3.05, 3.63) is 17.5 Å². The average molecular weight is 340 g/mol. The highest BCUT2D eigenvalue weighted by atomic mass is 35.5. The number of rotatable bonds is 9. The third-order valence-electron chi connectivity index (χ3n) is 3.36. The van der Waals surface area contributed by atoms with Crippen molar-refractivity contribution >= 4 is 33.0 Å². The number of hydrogen-bond acceptors (Lipinski definition) is 4. The van der Waals surface area contributed by atoms with Crippen LogP contribution in [0.2, 0.25) is 0 Å². The number of thiophene rings is 1. The topological polar surface area (TPSA) is 66.4 Å². The molecule has 3 atom stereocenters. The summed E-state index contributed by atoms with van der Waals surface area (Å²) < 4.78 is 27.4. The summed E-state index contributed by atoms with van der Waals surface area (Å²) in [5.41, 5.74) is 0. The maximum absolute atomic E-state index is 12.3. The maximum atomic E-state index is 12.3. The predicted octanol–water partition coefficient (Wildman–Crippen LogP) is 2.82. The Morgan fingerprint density at radius 3 is 2.70 bits per heavy atom. The van der Waals surface area contributed by atoms with Crippen LogP contribution in [-0.2, 0) is 10.0 Å². The minimum absolute atomic E-state index is 0.0510. The highest BCUT2D eigenvalue weighted by molar-refractivity contribution is 7.91. The quantitative estimate of drug-likeness (QED) is 0.680. The molecule has 0 aliphatic heterocycles. The fourth-order valence-corrected chi connectivity index (χ4v) is 4.49. The molecule has 0 unspecified atom stereocenters. The number of alkyl halides is 1. The van der Waals surface area contributed by atoms with Crippen LogP contribution >= 0.6 is 22.9 Å². The molecule has 116 valence electrons. The van der Waals surface area contributed by atoms with E-state index < -0.39 is 22.2 Å². The fourth-order valence-electron chi connectivity index (χ4n) is 1.95. The van der Waals surface area contributed by atoms with Gasteiger partial charge in [-0.15, -0.1) is 22.9 Å². The van der Waals surface area contributed by atoms with E-state index in [1.807, 2.05) is 13.8 Å². The molecule has 1 heterocycles. The van der Waals surface area contributed by atoms with Gasteiger partial charge in [0.2, 0.25) is 10.0 Å². The third-order valence-corrected chi connectivity index (χ3v) is 6.48. The molecule has 0 radical (unpaired) electrons. The first-order valence-corrected chi connectivity index (χ1v) is 9.62. The van der Waals surface area contributed by atoms with Crippen molar-refractivity contribution in [1.29, 1.82) is 0 Å². The molecule has 1 aromatic rings. The zero-order valence-electron chi connectivity index (χ0n) is 11.8. The Kier molecular flexibility index (Phi) is 7.47. The molecule has 0 aromatic carbocycles. The lowest BCUT2D eigenvalue weighted by atomic mass is 9.93. The van der Waals surface area contributed by atoms with E-state index in [-0.39, 0.29) is 10.1 Å². The monoisotopic (exact) mass is 339 g/mol. The number of aliphatic hydroxyl groups is 1. The van der Waals surface area contributed by atoms with Crippen LogP contribution in [0.5, 0.6) is 0 Å². The first kappa shape index (κ1) is 17.9. The van der Waals surface area contributed by atoms with E-state index >= 15 is 0 Å². The van der Waals surface area contributed by atoms with Crippen LogP contribution in [0.4, 0.5) is 0 Å². The summed E-state index contributed by atoms with van der Waals surface area (Å²) in [6.45, 7) is 3.91. The Balaban J connectivity index is 2.84. The molecule has 7 heteroatoms. The van der Waals surface area contributed by atoms with Gasteiger partial charge in [0.05, 0.1) is 12.1 Å². The van der Waals surface area contributed by atoms with Crippen molar-refractivity contribution in [2.75, 3.05) is 5.88 Å². The molecule has 1 rings (SSSR count). The van der Waals surface area contributed by atoms with Crippen LogP contribution in [0.25, 0.3) is 0 Å². The summed E-state index contributed by atoms with van der Waals surface area (Å²) in [6, 6.07) is 2.77. The SMILES string of the molecule is CC[C@H](C)[C@H](NS(=O)(=O)c1cccs1)[C@@H](O)CCCCl. The van der Waals surface area contributed by atoms with Gasteiger partial charge in [-0.2, -0.15) is 0 Å². The summed E-state index contributed by atoms with van der Waals surface area (Å²) in [5, 5.41) is 11.9. The van der Waals surface area contributed by atoms with E-state index in [2.05, 4.69) is 4.72 Å². The van der Waals surface area contributed by atoms with Crippen molar-refractivity contribution in [2.24, 2.45) is 5.92 Å². The normalized spacial score (nSPS) is 16.8. The van der Waals surface area contributed by atoms with Gasteiger partial charge in [0.15, 0.2) is 0 Å². The van der Waals surface area contributed by atoms with Gasteiger partial charge in [-0.1, -0.05) is 26.3 Å². The molecule has 1 aromatic heterocycles. The van der Waals surface area contributed by atoms with Gasteiger partial charge in [0.25, 0.3) is 0 Å². The molecule has 0 aliphatic carbocycles. The Morgan fingerprint density at radius 1 is 1.50 bits per heavy atom. The smallest absolute Gasteiger partial charge is 0.250 e. The lowest BCUT2D eigenvalue weighted by molar-refractivity contribution is 0.102. The van der Waals surface area contributed by atoms with Crippen molar-refractivity contribution < 1.29 is 13.5 Å². The Morgan fingerprint density at radius 2 is 2.20 bits per heavy atom. The molecule has 0 fully saturated rings. The predicted molar refractivity (Wildman–Crippen MR) is 83.8 cm³/mol. The zero-order valence-corrected chi connectivity index (χ0v) is 14.1. The molecule has 0 saturated heterocycles. The minimum Gasteiger partial charge on any atom is -0.391 e. The van der Waals surface area contributed by atoms with Crippen LogP contribution < -0.4 is 4.72 Å². The summed E-state index contributed by atoms with van der Waals surface area (Å²) in [4.78, 5) is 0. The van der Waals surface area contributed by atoms with Gasteiger partial charge in [-0.25, -0.2) is 13.1 Å². The molecular formula is C13H22ClNO3S2. The zero-order chi connectivity index (χ0) is 15.2. The van der Waals surface area contributed by atoms with Gasteiger partial charge in [-0.3, -0.25) is 0 Å². The standard InChI is InChI=1S/C13H22ClNO3S2/c1-3-10(2)13(11(16)6-4-8-14)15-20(17,18)12-7-5-9-19-12/h5,7,9-11,13,15-16H,3-4,6,8H2,1-2H3/t10-,11-,13-/m0/s1. The van der Waals surface area contributed by atoms with E-state index in [1.54, 1.807) is 17.5 Å². The summed E-state index contributed by atoms with van der Waals surface area (Å²) in [6.07, 6.45) is 1.22. The molecule has 4 nitrogen and oxygen atoms in total. The number of nitrogens with one attached hydrogen (secondary N) is 1. The number of halogens is 1. The van der Waals surface area contributed by atoms with Crippen LogP contribution in [0.1, 0.15) is 33.1 Å². The van der Waals surface area contributed by atoms with Gasteiger partial charge < -0.3 is 5.11 Å². The van der Waals surface area contributed by atoms with E-state index in [1.165, 1.54) is 11.3 Å². The fraction of sp³-hybridized carbons (Fsp3) is 0.692. The highest BCUT2D eigenvalue weighted by Gasteiger charge is 2.29. The van der Waals surface area contributed by atoms with Crippen LogP contribution in [0.3, 0.4) is 0 Å². The largest absolute Gasteiger partial charge is 0.391 e. The van der Waals surface area contributed by atoms with Crippen LogP contribution in [0, 0.1) is 5.92 Å².